The van der Waals surface area contributed by atoms with Gasteiger partial charge in [-0.3, -0.25) is 9.78 Å². The van der Waals surface area contributed by atoms with Crippen LogP contribution in [0.3, 0.4) is 0 Å². The fourth-order valence-electron chi connectivity index (χ4n) is 3.35. The molecule has 0 bridgehead atoms. The van der Waals surface area contributed by atoms with Gasteiger partial charge < -0.3 is 10.2 Å². The summed E-state index contributed by atoms with van der Waals surface area (Å²) < 4.78 is 0. The minimum absolute atomic E-state index is 0.0209. The zero-order valence-corrected chi connectivity index (χ0v) is 14.8. The number of aryl methyl sites for hydroxylation is 1. The van der Waals surface area contributed by atoms with Gasteiger partial charge in [-0.2, -0.15) is 0 Å². The second kappa shape index (κ2) is 7.00. The monoisotopic (exact) mass is 343 g/mol. The van der Waals surface area contributed by atoms with Crippen LogP contribution in [0.2, 0.25) is 0 Å². The maximum Gasteiger partial charge on any atom is 0.272 e. The number of benzene rings is 2. The molecule has 0 unspecified atom stereocenters. The predicted molar refractivity (Wildman–Crippen MR) is 104 cm³/mol. The minimum Gasteiger partial charge on any atom is -0.355 e. The largest absolute Gasteiger partial charge is 0.355 e. The molecule has 0 radical (unpaired) electrons. The zero-order valence-electron chi connectivity index (χ0n) is 14.8. The Kier molecular flexibility index (Phi) is 4.40. The lowest BCUT2D eigenvalue weighted by Gasteiger charge is -2.28. The van der Waals surface area contributed by atoms with Crippen molar-refractivity contribution in [1.29, 1.82) is 0 Å². The summed E-state index contributed by atoms with van der Waals surface area (Å²) in [6.07, 6.45) is 2.58. The van der Waals surface area contributed by atoms with E-state index in [0.717, 1.165) is 24.3 Å². The molecular weight excluding hydrogens is 322 g/mol. The lowest BCUT2D eigenvalue weighted by molar-refractivity contribution is 0.0729. The number of nitrogens with zero attached hydrogens (tertiary/aromatic N) is 2. The number of anilines is 2. The van der Waals surface area contributed by atoms with Crippen LogP contribution >= 0.6 is 0 Å². The lowest BCUT2D eigenvalue weighted by Crippen LogP contribution is -2.36. The van der Waals surface area contributed by atoms with E-state index in [4.69, 9.17) is 0 Å². The first-order valence-electron chi connectivity index (χ1n) is 8.85. The summed E-state index contributed by atoms with van der Waals surface area (Å²) >= 11 is 0. The van der Waals surface area contributed by atoms with Crippen LogP contribution < -0.4 is 5.32 Å². The van der Waals surface area contributed by atoms with Crippen molar-refractivity contribution in [2.24, 2.45) is 0 Å². The number of amides is 1. The number of rotatable bonds is 3. The van der Waals surface area contributed by atoms with Crippen molar-refractivity contribution in [3.63, 3.8) is 0 Å². The van der Waals surface area contributed by atoms with Crippen LogP contribution in [0.1, 0.15) is 27.2 Å². The number of pyridine rings is 1. The first-order valence-corrected chi connectivity index (χ1v) is 8.85. The van der Waals surface area contributed by atoms with E-state index < -0.39 is 0 Å². The molecule has 0 spiro atoms. The van der Waals surface area contributed by atoms with Crippen molar-refractivity contribution < 1.29 is 4.79 Å². The standard InChI is InChI=1S/C22H21N3O/c1-16-5-4-8-19(13-16)24-20-9-11-23-21(14-20)22(26)25-12-10-17-6-2-3-7-18(17)15-25/h2-9,11,13-14H,10,12,15H2,1H3,(H,23,24). The fraction of sp³-hybridized carbons (Fsp3) is 0.182. The van der Waals surface area contributed by atoms with Gasteiger partial charge in [0, 0.05) is 30.7 Å². The maximum absolute atomic E-state index is 12.9. The first-order chi connectivity index (χ1) is 12.7. The zero-order chi connectivity index (χ0) is 17.9. The van der Waals surface area contributed by atoms with Gasteiger partial charge in [-0.05, 0) is 54.3 Å². The molecule has 1 aliphatic rings. The number of hydrogen-bond acceptors (Lipinski definition) is 3. The molecule has 26 heavy (non-hydrogen) atoms. The topological polar surface area (TPSA) is 45.2 Å². The number of fused-ring (bicyclic) bond motifs is 1. The van der Waals surface area contributed by atoms with Crippen molar-refractivity contribution in [3.05, 3.63) is 89.2 Å². The Labute approximate surface area is 153 Å². The fourth-order valence-corrected chi connectivity index (χ4v) is 3.35. The average molecular weight is 343 g/mol. The van der Waals surface area contributed by atoms with E-state index in [1.807, 2.05) is 35.2 Å². The predicted octanol–water partition coefficient (Wildman–Crippen LogP) is 4.33. The summed E-state index contributed by atoms with van der Waals surface area (Å²) in [5.74, 6) is -0.0209. The maximum atomic E-state index is 12.9. The molecule has 1 amide bonds. The molecule has 3 aromatic rings. The van der Waals surface area contributed by atoms with Crippen LogP contribution in [0.4, 0.5) is 11.4 Å². The molecule has 0 aliphatic carbocycles. The van der Waals surface area contributed by atoms with E-state index in [2.05, 4.69) is 47.6 Å². The molecular formula is C22H21N3O. The summed E-state index contributed by atoms with van der Waals surface area (Å²) in [5, 5.41) is 3.35. The van der Waals surface area contributed by atoms with Gasteiger partial charge in [-0.25, -0.2) is 0 Å². The molecule has 1 aromatic heterocycles. The number of carbonyl (C=O) groups is 1. The molecule has 0 saturated heterocycles. The van der Waals surface area contributed by atoms with E-state index in [-0.39, 0.29) is 5.91 Å². The normalized spacial score (nSPS) is 13.2. The Morgan fingerprint density at radius 3 is 2.65 bits per heavy atom. The van der Waals surface area contributed by atoms with Crippen molar-refractivity contribution in [3.8, 4) is 0 Å². The highest BCUT2D eigenvalue weighted by atomic mass is 16.2. The Balaban J connectivity index is 1.52. The number of aromatic nitrogens is 1. The lowest BCUT2D eigenvalue weighted by atomic mass is 10.00. The summed E-state index contributed by atoms with van der Waals surface area (Å²) in [6.45, 7) is 3.43. The van der Waals surface area contributed by atoms with Crippen LogP contribution in [-0.2, 0) is 13.0 Å². The Hall–Kier alpha value is -3.14. The molecule has 0 atom stereocenters. The Morgan fingerprint density at radius 2 is 1.81 bits per heavy atom. The number of carbonyl (C=O) groups excluding carboxylic acids is 1. The summed E-state index contributed by atoms with van der Waals surface area (Å²) in [4.78, 5) is 19.1. The van der Waals surface area contributed by atoms with Crippen LogP contribution in [0.15, 0.2) is 66.9 Å². The van der Waals surface area contributed by atoms with Gasteiger partial charge in [0.05, 0.1) is 0 Å². The molecule has 1 aliphatic heterocycles. The highest BCUT2D eigenvalue weighted by molar-refractivity contribution is 5.93. The highest BCUT2D eigenvalue weighted by Crippen LogP contribution is 2.22. The quantitative estimate of drug-likeness (QED) is 0.770. The van der Waals surface area contributed by atoms with Gasteiger partial charge in [-0.1, -0.05) is 36.4 Å². The molecule has 2 aromatic carbocycles. The second-order valence-electron chi connectivity index (χ2n) is 6.67. The Morgan fingerprint density at radius 1 is 1.00 bits per heavy atom. The van der Waals surface area contributed by atoms with Gasteiger partial charge in [0.1, 0.15) is 5.69 Å². The minimum atomic E-state index is -0.0209. The third-order valence-electron chi connectivity index (χ3n) is 4.70. The molecule has 2 heterocycles. The number of nitrogens with one attached hydrogen (secondary N) is 1. The molecule has 1 N–H and O–H groups in total. The SMILES string of the molecule is Cc1cccc(Nc2ccnc(C(=O)N3CCc4ccccc4C3)c2)c1. The van der Waals surface area contributed by atoms with E-state index in [0.29, 0.717) is 12.2 Å². The Bertz CT molecular complexity index is 951. The van der Waals surface area contributed by atoms with Crippen LogP contribution in [-0.4, -0.2) is 22.3 Å². The van der Waals surface area contributed by atoms with Crippen LogP contribution in [0.5, 0.6) is 0 Å². The van der Waals surface area contributed by atoms with Crippen molar-refractivity contribution in [2.45, 2.75) is 19.9 Å². The first kappa shape index (κ1) is 16.3. The van der Waals surface area contributed by atoms with E-state index >= 15 is 0 Å². The van der Waals surface area contributed by atoms with Crippen LogP contribution in [0, 0.1) is 6.92 Å². The van der Waals surface area contributed by atoms with Gasteiger partial charge >= 0.3 is 0 Å². The third kappa shape index (κ3) is 3.45. The van der Waals surface area contributed by atoms with Crippen molar-refractivity contribution in [1.82, 2.24) is 9.88 Å². The molecule has 4 heteroatoms. The molecule has 130 valence electrons. The molecule has 4 nitrogen and oxygen atoms in total. The van der Waals surface area contributed by atoms with E-state index in [1.165, 1.54) is 16.7 Å². The molecule has 0 saturated carbocycles. The molecule has 0 fully saturated rings. The van der Waals surface area contributed by atoms with Gasteiger partial charge in [0.15, 0.2) is 0 Å². The third-order valence-corrected chi connectivity index (χ3v) is 4.70. The highest BCUT2D eigenvalue weighted by Gasteiger charge is 2.22. The smallest absolute Gasteiger partial charge is 0.272 e. The van der Waals surface area contributed by atoms with Gasteiger partial charge in [0.2, 0.25) is 0 Å². The number of hydrogen-bond donors (Lipinski definition) is 1. The van der Waals surface area contributed by atoms with Crippen molar-refractivity contribution >= 4 is 17.3 Å². The van der Waals surface area contributed by atoms with Gasteiger partial charge in [-0.15, -0.1) is 0 Å². The van der Waals surface area contributed by atoms with E-state index in [9.17, 15) is 4.79 Å². The van der Waals surface area contributed by atoms with E-state index in [1.54, 1.807) is 6.20 Å². The summed E-state index contributed by atoms with van der Waals surface area (Å²) in [5.41, 5.74) is 6.09. The van der Waals surface area contributed by atoms with Crippen LogP contribution in [0.25, 0.3) is 0 Å². The van der Waals surface area contributed by atoms with Crippen molar-refractivity contribution in [2.75, 3.05) is 11.9 Å². The second-order valence-corrected chi connectivity index (χ2v) is 6.67. The average Bonchev–Trinajstić information content (AvgIpc) is 2.67. The molecule has 4 rings (SSSR count). The summed E-state index contributed by atoms with van der Waals surface area (Å²) in [7, 11) is 0. The van der Waals surface area contributed by atoms with Gasteiger partial charge in [0.25, 0.3) is 5.91 Å². The summed E-state index contributed by atoms with van der Waals surface area (Å²) in [6, 6.07) is 20.2.